The number of rotatable bonds is 3. The minimum absolute atomic E-state index is 0.0470. The molecule has 0 amide bonds. The van der Waals surface area contributed by atoms with Crippen LogP contribution in [0.15, 0.2) is 23.2 Å². The third-order valence-corrected chi connectivity index (χ3v) is 2.41. The number of benzene rings is 1. The van der Waals surface area contributed by atoms with Crippen LogP contribution >= 0.6 is 15.9 Å². The van der Waals surface area contributed by atoms with Crippen LogP contribution in [0, 0.1) is 10.1 Å². The van der Waals surface area contributed by atoms with E-state index in [4.69, 9.17) is 0 Å². The maximum Gasteiger partial charge on any atom is 0.271 e. The predicted octanol–water partition coefficient (Wildman–Crippen LogP) is 3.04. The van der Waals surface area contributed by atoms with Crippen LogP contribution in [0.4, 0.5) is 11.4 Å². The van der Waals surface area contributed by atoms with Gasteiger partial charge in [0, 0.05) is 29.2 Å². The highest BCUT2D eigenvalue weighted by molar-refractivity contribution is 9.10. The summed E-state index contributed by atoms with van der Waals surface area (Å²) in [7, 11) is 1.75. The van der Waals surface area contributed by atoms with Crippen LogP contribution in [0.5, 0.6) is 0 Å². The summed E-state index contributed by atoms with van der Waals surface area (Å²) in [5.74, 6) is 0. The van der Waals surface area contributed by atoms with E-state index in [0.717, 1.165) is 5.69 Å². The lowest BCUT2D eigenvalue weighted by molar-refractivity contribution is -0.384. The van der Waals surface area contributed by atoms with Gasteiger partial charge >= 0.3 is 0 Å². The van der Waals surface area contributed by atoms with Gasteiger partial charge in [0.05, 0.1) is 10.6 Å². The lowest BCUT2D eigenvalue weighted by Gasteiger charge is -2.07. The summed E-state index contributed by atoms with van der Waals surface area (Å²) >= 11 is 3.25. The molecular weight excluding hydrogens is 248 g/mol. The molecule has 0 fully saturated rings. The van der Waals surface area contributed by atoms with Crippen molar-refractivity contribution < 1.29 is 4.92 Å². The normalized spacial score (nSPS) is 9.57. The summed E-state index contributed by atoms with van der Waals surface area (Å²) in [6.07, 6.45) is 1.57. The topological polar surface area (TPSA) is 55.2 Å². The fraction of sp³-hybridized carbons (Fsp3) is 0.111. The van der Waals surface area contributed by atoms with Crippen molar-refractivity contribution in [1.29, 1.82) is 0 Å². The van der Waals surface area contributed by atoms with Crippen molar-refractivity contribution in [3.05, 3.63) is 38.9 Å². The van der Waals surface area contributed by atoms with Gasteiger partial charge in [0.25, 0.3) is 5.69 Å². The molecule has 4 nitrogen and oxygen atoms in total. The first-order chi connectivity index (χ1) is 6.60. The zero-order valence-electron chi connectivity index (χ0n) is 7.58. The lowest BCUT2D eigenvalue weighted by atomic mass is 10.1. The molecule has 0 spiro atoms. The molecule has 0 heterocycles. The monoisotopic (exact) mass is 256 g/mol. The largest absolute Gasteiger partial charge is 0.387 e. The number of halogens is 1. The average molecular weight is 257 g/mol. The maximum absolute atomic E-state index is 10.6. The minimum Gasteiger partial charge on any atom is -0.387 e. The summed E-state index contributed by atoms with van der Waals surface area (Å²) in [4.78, 5) is 10.1. The van der Waals surface area contributed by atoms with Gasteiger partial charge in [-0.15, -0.1) is 0 Å². The Hall–Kier alpha value is -1.36. The summed E-state index contributed by atoms with van der Waals surface area (Å²) < 4.78 is 0.657. The number of non-ortho nitro benzene ring substituents is 1. The second-order valence-corrected chi connectivity index (χ2v) is 3.46. The molecule has 1 N–H and O–H groups in total. The molecular formula is C9H9BrN2O2. The second-order valence-electron chi connectivity index (χ2n) is 2.60. The van der Waals surface area contributed by atoms with Gasteiger partial charge in [-0.2, -0.15) is 0 Å². The molecule has 1 aromatic carbocycles. The number of nitrogens with one attached hydrogen (secondary N) is 1. The molecule has 1 aromatic rings. The third kappa shape index (κ3) is 1.93. The summed E-state index contributed by atoms with van der Waals surface area (Å²) in [6, 6.07) is 2.93. The molecule has 0 saturated carbocycles. The van der Waals surface area contributed by atoms with E-state index in [0.29, 0.717) is 10.0 Å². The standard InChI is InChI=1S/C9H9BrN2O2/c1-3-6-4-7(12(13)14)5-8(10)9(6)11-2/h3-5,11H,1H2,2H3. The Morgan fingerprint density at radius 1 is 1.64 bits per heavy atom. The van der Waals surface area contributed by atoms with Crippen molar-refractivity contribution in [2.45, 2.75) is 0 Å². The van der Waals surface area contributed by atoms with E-state index < -0.39 is 4.92 Å². The first-order valence-electron chi connectivity index (χ1n) is 3.88. The molecule has 0 atom stereocenters. The molecule has 14 heavy (non-hydrogen) atoms. The Morgan fingerprint density at radius 2 is 2.29 bits per heavy atom. The number of hydrogen-bond acceptors (Lipinski definition) is 3. The molecule has 0 aromatic heterocycles. The van der Waals surface area contributed by atoms with Gasteiger partial charge in [-0.05, 0) is 15.9 Å². The van der Waals surface area contributed by atoms with E-state index in [1.54, 1.807) is 13.1 Å². The number of nitro groups is 1. The van der Waals surface area contributed by atoms with Crippen LogP contribution in [-0.2, 0) is 0 Å². The molecule has 0 unspecified atom stereocenters. The fourth-order valence-electron chi connectivity index (χ4n) is 1.14. The lowest BCUT2D eigenvalue weighted by Crippen LogP contribution is -1.96. The zero-order chi connectivity index (χ0) is 10.7. The van der Waals surface area contributed by atoms with E-state index in [1.807, 2.05) is 0 Å². The van der Waals surface area contributed by atoms with Gasteiger partial charge in [-0.3, -0.25) is 10.1 Å². The van der Waals surface area contributed by atoms with Crippen molar-refractivity contribution in [3.8, 4) is 0 Å². The molecule has 0 bridgehead atoms. The van der Waals surface area contributed by atoms with Crippen LogP contribution in [0.1, 0.15) is 5.56 Å². The Kier molecular flexibility index (Phi) is 3.24. The SMILES string of the molecule is C=Cc1cc([N+](=O)[O-])cc(Br)c1NC. The van der Waals surface area contributed by atoms with Gasteiger partial charge in [0.15, 0.2) is 0 Å². The molecule has 74 valence electrons. The average Bonchev–Trinajstić information content (AvgIpc) is 2.16. The Labute approximate surface area is 89.9 Å². The highest BCUT2D eigenvalue weighted by Crippen LogP contribution is 2.31. The smallest absolute Gasteiger partial charge is 0.271 e. The molecule has 1 rings (SSSR count). The highest BCUT2D eigenvalue weighted by atomic mass is 79.9. The van der Waals surface area contributed by atoms with Crippen molar-refractivity contribution in [2.24, 2.45) is 0 Å². The first kappa shape index (κ1) is 10.7. The van der Waals surface area contributed by atoms with Crippen LogP contribution in [0.3, 0.4) is 0 Å². The van der Waals surface area contributed by atoms with Crippen LogP contribution in [-0.4, -0.2) is 12.0 Å². The summed E-state index contributed by atoms with van der Waals surface area (Å²) in [6.45, 7) is 3.60. The summed E-state index contributed by atoms with van der Waals surface area (Å²) in [5.41, 5.74) is 1.55. The molecule has 0 aliphatic heterocycles. The van der Waals surface area contributed by atoms with Crippen LogP contribution < -0.4 is 5.32 Å². The van der Waals surface area contributed by atoms with Crippen molar-refractivity contribution >= 4 is 33.4 Å². The fourth-order valence-corrected chi connectivity index (χ4v) is 1.80. The van der Waals surface area contributed by atoms with Crippen molar-refractivity contribution in [3.63, 3.8) is 0 Å². The van der Waals surface area contributed by atoms with Gasteiger partial charge in [-0.25, -0.2) is 0 Å². The predicted molar refractivity (Wildman–Crippen MR) is 60.4 cm³/mol. The van der Waals surface area contributed by atoms with E-state index in [1.165, 1.54) is 12.1 Å². The Morgan fingerprint density at radius 3 is 2.71 bits per heavy atom. The van der Waals surface area contributed by atoms with E-state index in [9.17, 15) is 10.1 Å². The highest BCUT2D eigenvalue weighted by Gasteiger charge is 2.12. The van der Waals surface area contributed by atoms with E-state index in [-0.39, 0.29) is 5.69 Å². The minimum atomic E-state index is -0.433. The van der Waals surface area contributed by atoms with Crippen molar-refractivity contribution in [1.82, 2.24) is 0 Å². The van der Waals surface area contributed by atoms with Crippen LogP contribution in [0.2, 0.25) is 0 Å². The molecule has 0 aliphatic carbocycles. The van der Waals surface area contributed by atoms with Gasteiger partial charge in [-0.1, -0.05) is 12.7 Å². The number of hydrogen-bond donors (Lipinski definition) is 1. The summed E-state index contributed by atoms with van der Waals surface area (Å²) in [5, 5.41) is 13.5. The van der Waals surface area contributed by atoms with Crippen molar-refractivity contribution in [2.75, 3.05) is 12.4 Å². The third-order valence-electron chi connectivity index (χ3n) is 1.79. The zero-order valence-corrected chi connectivity index (χ0v) is 9.17. The Bertz CT molecular complexity index is 391. The van der Waals surface area contributed by atoms with Gasteiger partial charge in [0.2, 0.25) is 0 Å². The van der Waals surface area contributed by atoms with Gasteiger partial charge in [0.1, 0.15) is 0 Å². The van der Waals surface area contributed by atoms with Gasteiger partial charge < -0.3 is 5.32 Å². The second kappa shape index (κ2) is 4.23. The number of nitrogens with zero attached hydrogens (tertiary/aromatic N) is 1. The molecule has 0 aliphatic rings. The van der Waals surface area contributed by atoms with Crippen LogP contribution in [0.25, 0.3) is 6.08 Å². The molecule has 0 saturated heterocycles. The number of anilines is 1. The Balaban J connectivity index is 3.38. The van der Waals surface area contributed by atoms with E-state index >= 15 is 0 Å². The first-order valence-corrected chi connectivity index (χ1v) is 4.67. The molecule has 0 radical (unpaired) electrons. The molecule has 5 heteroatoms. The maximum atomic E-state index is 10.6. The van der Waals surface area contributed by atoms with E-state index in [2.05, 4.69) is 27.8 Å². The number of nitro benzene ring substituents is 1. The quantitative estimate of drug-likeness (QED) is 0.668.